The lowest BCUT2D eigenvalue weighted by Crippen LogP contribution is -2.35. The van der Waals surface area contributed by atoms with Gasteiger partial charge in [-0.2, -0.15) is 0 Å². The van der Waals surface area contributed by atoms with E-state index in [0.29, 0.717) is 15.6 Å². The molecule has 0 saturated carbocycles. The number of nitrogen functional groups attached to an aromatic ring is 1. The molecule has 5 heteroatoms. The van der Waals surface area contributed by atoms with Crippen molar-refractivity contribution in [2.24, 2.45) is 0 Å². The van der Waals surface area contributed by atoms with Gasteiger partial charge < -0.3 is 10.5 Å². The van der Waals surface area contributed by atoms with Gasteiger partial charge in [-0.25, -0.2) is 0 Å². The Morgan fingerprint density at radius 2 is 2.00 bits per heavy atom. The van der Waals surface area contributed by atoms with Crippen molar-refractivity contribution in [1.82, 2.24) is 0 Å². The molecular weight excluding hydrogens is 282 g/mol. The van der Waals surface area contributed by atoms with Gasteiger partial charge in [0, 0.05) is 5.69 Å². The minimum absolute atomic E-state index is 0.0800. The van der Waals surface area contributed by atoms with Crippen LogP contribution in [-0.2, 0) is 15.5 Å². The van der Waals surface area contributed by atoms with Crippen LogP contribution in [0.1, 0.15) is 34.1 Å². The molecule has 0 aromatic heterocycles. The fraction of sp³-hybridized carbons (Fsp3) is 0.571. The number of rotatable bonds is 2. The molecule has 19 heavy (non-hydrogen) atoms. The van der Waals surface area contributed by atoms with Crippen LogP contribution >= 0.6 is 11.6 Å². The van der Waals surface area contributed by atoms with Gasteiger partial charge in [0.2, 0.25) is 0 Å². The van der Waals surface area contributed by atoms with E-state index < -0.39 is 16.4 Å². The lowest BCUT2D eigenvalue weighted by Gasteiger charge is -2.27. The second-order valence-corrected chi connectivity index (χ2v) is 8.16. The summed E-state index contributed by atoms with van der Waals surface area (Å²) in [5.74, 6) is 0. The number of ether oxygens (including phenoxy) is 1. The number of halogens is 1. The van der Waals surface area contributed by atoms with E-state index >= 15 is 0 Å². The molecule has 2 unspecified atom stereocenters. The van der Waals surface area contributed by atoms with Crippen LogP contribution in [0, 0.1) is 0 Å². The average molecular weight is 302 g/mol. The molecular formula is C14H20ClNO2S. The summed E-state index contributed by atoms with van der Waals surface area (Å²) in [5.41, 5.74) is 5.55. The van der Waals surface area contributed by atoms with Gasteiger partial charge in [-0.05, 0) is 52.3 Å². The Bertz CT molecular complexity index is 528. The fourth-order valence-electron chi connectivity index (χ4n) is 2.68. The van der Waals surface area contributed by atoms with E-state index in [2.05, 4.69) is 0 Å². The lowest BCUT2D eigenvalue weighted by molar-refractivity contribution is -0.0633. The van der Waals surface area contributed by atoms with Gasteiger partial charge in [-0.1, -0.05) is 11.6 Å². The number of hydrogen-bond acceptors (Lipinski definition) is 3. The summed E-state index contributed by atoms with van der Waals surface area (Å²) in [6.07, 6.45) is 0.743. The second-order valence-electron chi connectivity index (χ2n) is 6.15. The third-order valence-corrected chi connectivity index (χ3v) is 5.89. The lowest BCUT2D eigenvalue weighted by atomic mass is 10.0. The zero-order valence-electron chi connectivity index (χ0n) is 11.7. The first-order valence-electron chi connectivity index (χ1n) is 6.28. The summed E-state index contributed by atoms with van der Waals surface area (Å²) in [7, 11) is -1.21. The molecule has 1 aromatic rings. The van der Waals surface area contributed by atoms with Crippen molar-refractivity contribution in [3.05, 3.63) is 23.2 Å². The highest BCUT2D eigenvalue weighted by molar-refractivity contribution is 7.86. The number of anilines is 1. The van der Waals surface area contributed by atoms with Crippen LogP contribution < -0.4 is 5.73 Å². The Morgan fingerprint density at radius 1 is 1.37 bits per heavy atom. The van der Waals surface area contributed by atoms with E-state index in [1.165, 1.54) is 0 Å². The number of hydrogen-bond donors (Lipinski definition) is 1. The first-order valence-corrected chi connectivity index (χ1v) is 7.87. The monoisotopic (exact) mass is 301 g/mol. The van der Waals surface area contributed by atoms with Gasteiger partial charge in [-0.3, -0.25) is 4.21 Å². The van der Waals surface area contributed by atoms with Crippen LogP contribution in [0.25, 0.3) is 0 Å². The maximum atomic E-state index is 12.8. The Labute approximate surface area is 121 Å². The Balaban J connectivity index is 2.34. The third-order valence-electron chi connectivity index (χ3n) is 3.42. The zero-order valence-corrected chi connectivity index (χ0v) is 13.3. The van der Waals surface area contributed by atoms with Crippen molar-refractivity contribution >= 4 is 28.1 Å². The highest BCUT2D eigenvalue weighted by Crippen LogP contribution is 2.42. The van der Waals surface area contributed by atoms with Crippen molar-refractivity contribution in [3.63, 3.8) is 0 Å². The minimum Gasteiger partial charge on any atom is -0.399 e. The van der Waals surface area contributed by atoms with Gasteiger partial charge in [0.15, 0.2) is 0 Å². The molecule has 1 aromatic carbocycles. The van der Waals surface area contributed by atoms with Gasteiger partial charge in [-0.15, -0.1) is 0 Å². The van der Waals surface area contributed by atoms with Crippen LogP contribution in [0.15, 0.2) is 23.1 Å². The maximum absolute atomic E-state index is 12.8. The third kappa shape index (κ3) is 2.96. The summed E-state index contributed by atoms with van der Waals surface area (Å²) >= 11 is 6.15. The van der Waals surface area contributed by atoms with Crippen molar-refractivity contribution in [3.8, 4) is 0 Å². The molecule has 2 N–H and O–H groups in total. The van der Waals surface area contributed by atoms with Crippen molar-refractivity contribution < 1.29 is 8.95 Å². The van der Waals surface area contributed by atoms with Crippen LogP contribution in [0.2, 0.25) is 5.02 Å². The summed E-state index contributed by atoms with van der Waals surface area (Å²) < 4.78 is 18.8. The topological polar surface area (TPSA) is 52.3 Å². The Kier molecular flexibility index (Phi) is 3.71. The van der Waals surface area contributed by atoms with E-state index in [9.17, 15) is 4.21 Å². The average Bonchev–Trinajstić information content (AvgIpc) is 2.45. The standard InChI is InChI=1S/C14H20ClNO2S/c1-13(2)8-12(14(3,4)18-13)19(17)11-6-5-9(16)7-10(11)15/h5-7,12H,8,16H2,1-4H3. The first kappa shape index (κ1) is 14.8. The number of benzene rings is 1. The molecule has 0 aliphatic carbocycles. The van der Waals surface area contributed by atoms with Crippen LogP contribution in [0.3, 0.4) is 0 Å². The van der Waals surface area contributed by atoms with Gasteiger partial charge >= 0.3 is 0 Å². The number of nitrogens with two attached hydrogens (primary N) is 1. The quantitative estimate of drug-likeness (QED) is 0.852. The molecule has 1 saturated heterocycles. The smallest absolute Gasteiger partial charge is 0.0781 e. The van der Waals surface area contributed by atoms with Gasteiger partial charge in [0.05, 0.1) is 37.2 Å². The summed E-state index contributed by atoms with van der Waals surface area (Å²) in [4.78, 5) is 0.634. The summed E-state index contributed by atoms with van der Waals surface area (Å²) in [6.45, 7) is 8.01. The molecule has 0 bridgehead atoms. The molecule has 0 spiro atoms. The molecule has 3 nitrogen and oxygen atoms in total. The molecule has 1 aliphatic heterocycles. The molecule has 1 aliphatic rings. The molecule has 1 fully saturated rings. The minimum atomic E-state index is -1.21. The SMILES string of the molecule is CC1(C)CC(S(=O)c2ccc(N)cc2Cl)C(C)(C)O1. The van der Waals surface area contributed by atoms with E-state index in [1.807, 2.05) is 27.7 Å². The van der Waals surface area contributed by atoms with Crippen molar-refractivity contribution in [2.45, 2.75) is 55.5 Å². The normalized spacial score (nSPS) is 26.3. The summed E-state index contributed by atoms with van der Waals surface area (Å²) in [6, 6.07) is 5.12. The van der Waals surface area contributed by atoms with Gasteiger partial charge in [0.1, 0.15) is 0 Å². The molecule has 2 atom stereocenters. The zero-order chi connectivity index (χ0) is 14.4. The van der Waals surface area contributed by atoms with Gasteiger partial charge in [0.25, 0.3) is 0 Å². The molecule has 1 heterocycles. The Hall–Kier alpha value is -0.580. The highest BCUT2D eigenvalue weighted by atomic mass is 35.5. The van der Waals surface area contributed by atoms with Crippen molar-refractivity contribution in [1.29, 1.82) is 0 Å². The molecule has 2 rings (SSSR count). The van der Waals surface area contributed by atoms with Crippen molar-refractivity contribution in [2.75, 3.05) is 5.73 Å². The Morgan fingerprint density at radius 3 is 2.47 bits per heavy atom. The van der Waals surface area contributed by atoms with E-state index in [1.54, 1.807) is 18.2 Å². The largest absolute Gasteiger partial charge is 0.399 e. The highest BCUT2D eigenvalue weighted by Gasteiger charge is 2.49. The van der Waals surface area contributed by atoms with Crippen LogP contribution in [-0.4, -0.2) is 20.7 Å². The molecule has 0 radical (unpaired) electrons. The van der Waals surface area contributed by atoms with Crippen LogP contribution in [0.4, 0.5) is 5.69 Å². The summed E-state index contributed by atoms with van der Waals surface area (Å²) in [5, 5.41) is 0.377. The maximum Gasteiger partial charge on any atom is 0.0781 e. The molecule has 106 valence electrons. The fourth-order valence-corrected chi connectivity index (χ4v) is 4.97. The molecule has 0 amide bonds. The second kappa shape index (κ2) is 4.76. The van der Waals surface area contributed by atoms with E-state index in [4.69, 9.17) is 22.1 Å². The first-order chi connectivity index (χ1) is 8.62. The van der Waals surface area contributed by atoms with E-state index in [0.717, 1.165) is 6.42 Å². The predicted octanol–water partition coefficient (Wildman–Crippen LogP) is 3.38. The van der Waals surface area contributed by atoms with E-state index in [-0.39, 0.29) is 10.9 Å². The predicted molar refractivity (Wildman–Crippen MR) is 79.9 cm³/mol. The van der Waals surface area contributed by atoms with Crippen LogP contribution in [0.5, 0.6) is 0 Å².